The summed E-state index contributed by atoms with van der Waals surface area (Å²) in [7, 11) is 0. The molecule has 1 aliphatic rings. The molecule has 0 saturated carbocycles. The lowest BCUT2D eigenvalue weighted by atomic mass is 9.87. The predicted molar refractivity (Wildman–Crippen MR) is 104 cm³/mol. The van der Waals surface area contributed by atoms with E-state index in [1.807, 2.05) is 24.3 Å². The van der Waals surface area contributed by atoms with Crippen molar-refractivity contribution in [1.29, 1.82) is 0 Å². The molecule has 0 spiro atoms. The molecule has 0 bridgehead atoms. The van der Waals surface area contributed by atoms with Gasteiger partial charge in [-0.15, -0.1) is 0 Å². The van der Waals surface area contributed by atoms with E-state index in [9.17, 15) is 14.9 Å². The second-order valence-electron chi connectivity index (χ2n) is 7.13. The zero-order valence-electron chi connectivity index (χ0n) is 15.0. The lowest BCUT2D eigenvalue weighted by Crippen LogP contribution is -2.10. The summed E-state index contributed by atoms with van der Waals surface area (Å²) in [6.45, 7) is 6.37. The maximum absolute atomic E-state index is 12.1. The van der Waals surface area contributed by atoms with Crippen LogP contribution in [0.5, 0.6) is 0 Å². The van der Waals surface area contributed by atoms with Gasteiger partial charge in [-0.2, -0.15) is 0 Å². The smallest absolute Gasteiger partial charge is 0.363 e. The summed E-state index contributed by atoms with van der Waals surface area (Å²) in [6.07, 6.45) is 1.62. The summed E-state index contributed by atoms with van der Waals surface area (Å²) in [5, 5.41) is 11.0. The van der Waals surface area contributed by atoms with Crippen LogP contribution in [0.15, 0.2) is 53.2 Å². The maximum Gasteiger partial charge on any atom is 0.363 e. The number of nitro groups is 1. The van der Waals surface area contributed by atoms with Crippen molar-refractivity contribution in [3.05, 3.63) is 80.0 Å². The van der Waals surface area contributed by atoms with E-state index in [4.69, 9.17) is 16.3 Å². The lowest BCUT2D eigenvalue weighted by Gasteiger charge is -2.18. The highest BCUT2D eigenvalue weighted by Crippen LogP contribution is 2.28. The molecule has 138 valence electrons. The zero-order chi connectivity index (χ0) is 19.8. The van der Waals surface area contributed by atoms with Crippen LogP contribution in [0, 0.1) is 10.1 Å². The quantitative estimate of drug-likeness (QED) is 0.326. The number of ether oxygens (including phenoxy) is 1. The van der Waals surface area contributed by atoms with Crippen molar-refractivity contribution in [2.45, 2.75) is 26.2 Å². The first kappa shape index (κ1) is 18.8. The average Bonchev–Trinajstić information content (AvgIpc) is 2.95. The van der Waals surface area contributed by atoms with Gasteiger partial charge < -0.3 is 4.74 Å². The standard InChI is InChI=1S/C20H17ClN2O4/c1-20(2,3)14-7-4-12(5-8-14)10-16-19(24)27-18(22-16)13-6-9-15(21)17(11-13)23(25)26/h4-11H,1-3H3/b16-10-. The molecule has 0 saturated heterocycles. The van der Waals surface area contributed by atoms with E-state index in [0.717, 1.165) is 5.56 Å². The molecule has 2 aromatic rings. The van der Waals surface area contributed by atoms with Crippen LogP contribution in [0.25, 0.3) is 6.08 Å². The van der Waals surface area contributed by atoms with Gasteiger partial charge in [0.1, 0.15) is 5.02 Å². The Balaban J connectivity index is 1.91. The lowest BCUT2D eigenvalue weighted by molar-refractivity contribution is -0.384. The highest BCUT2D eigenvalue weighted by molar-refractivity contribution is 6.32. The number of benzene rings is 2. The topological polar surface area (TPSA) is 81.8 Å². The molecule has 6 nitrogen and oxygen atoms in total. The number of halogens is 1. The van der Waals surface area contributed by atoms with Gasteiger partial charge in [-0.25, -0.2) is 9.79 Å². The monoisotopic (exact) mass is 384 g/mol. The maximum atomic E-state index is 12.1. The normalized spacial score (nSPS) is 15.6. The average molecular weight is 385 g/mol. The van der Waals surface area contributed by atoms with Crippen molar-refractivity contribution in [2.75, 3.05) is 0 Å². The van der Waals surface area contributed by atoms with Gasteiger partial charge in [0.2, 0.25) is 5.90 Å². The zero-order valence-corrected chi connectivity index (χ0v) is 15.8. The van der Waals surface area contributed by atoms with Crippen LogP contribution >= 0.6 is 11.6 Å². The van der Waals surface area contributed by atoms with Crippen molar-refractivity contribution in [3.63, 3.8) is 0 Å². The van der Waals surface area contributed by atoms with Crippen LogP contribution in [-0.2, 0) is 14.9 Å². The number of aliphatic imine (C=N–C) groups is 1. The fraction of sp³-hybridized carbons (Fsp3) is 0.200. The van der Waals surface area contributed by atoms with E-state index >= 15 is 0 Å². The van der Waals surface area contributed by atoms with Crippen molar-refractivity contribution in [3.8, 4) is 0 Å². The third-order valence-electron chi connectivity index (χ3n) is 4.09. The van der Waals surface area contributed by atoms with Crippen molar-refractivity contribution >= 4 is 35.2 Å². The summed E-state index contributed by atoms with van der Waals surface area (Å²) in [5.41, 5.74) is 2.19. The Morgan fingerprint density at radius 2 is 1.81 bits per heavy atom. The Kier molecular flexibility index (Phi) is 4.85. The molecule has 0 amide bonds. The van der Waals surface area contributed by atoms with E-state index in [0.29, 0.717) is 5.56 Å². The van der Waals surface area contributed by atoms with Gasteiger partial charge in [-0.3, -0.25) is 10.1 Å². The van der Waals surface area contributed by atoms with E-state index in [-0.39, 0.29) is 27.7 Å². The number of hydrogen-bond acceptors (Lipinski definition) is 5. The molecule has 1 heterocycles. The van der Waals surface area contributed by atoms with Gasteiger partial charge in [-0.1, -0.05) is 56.6 Å². The molecule has 3 rings (SSSR count). The number of rotatable bonds is 3. The second kappa shape index (κ2) is 6.96. The van der Waals surface area contributed by atoms with E-state index in [2.05, 4.69) is 25.8 Å². The molecule has 0 atom stereocenters. The molecule has 7 heteroatoms. The molecule has 0 fully saturated rings. The Morgan fingerprint density at radius 1 is 1.15 bits per heavy atom. The molecule has 0 radical (unpaired) electrons. The molecule has 2 aromatic carbocycles. The highest BCUT2D eigenvalue weighted by atomic mass is 35.5. The number of cyclic esters (lactones) is 1. The molecule has 0 aliphatic carbocycles. The number of carbonyl (C=O) groups excluding carboxylic acids is 1. The Labute approximate surface area is 161 Å². The molecule has 0 unspecified atom stereocenters. The van der Waals surface area contributed by atoms with Crippen LogP contribution in [0.2, 0.25) is 5.02 Å². The molecule has 0 N–H and O–H groups in total. The molecule has 0 aromatic heterocycles. The van der Waals surface area contributed by atoms with Gasteiger partial charge in [0.05, 0.1) is 4.92 Å². The van der Waals surface area contributed by atoms with E-state index in [1.165, 1.54) is 23.8 Å². The van der Waals surface area contributed by atoms with Crippen LogP contribution in [0.1, 0.15) is 37.5 Å². The van der Waals surface area contributed by atoms with Gasteiger partial charge in [0.15, 0.2) is 5.70 Å². The third kappa shape index (κ3) is 4.06. The summed E-state index contributed by atoms with van der Waals surface area (Å²) < 4.78 is 5.16. The van der Waals surface area contributed by atoms with Gasteiger partial charge >= 0.3 is 5.97 Å². The number of nitrogens with zero attached hydrogens (tertiary/aromatic N) is 2. The van der Waals surface area contributed by atoms with Crippen molar-refractivity contribution < 1.29 is 14.5 Å². The minimum atomic E-state index is -0.609. The van der Waals surface area contributed by atoms with Crippen LogP contribution in [0.4, 0.5) is 5.69 Å². The minimum absolute atomic E-state index is 0.00313. The number of hydrogen-bond donors (Lipinski definition) is 0. The summed E-state index contributed by atoms with van der Waals surface area (Å²) >= 11 is 5.81. The minimum Gasteiger partial charge on any atom is -0.402 e. The Hall–Kier alpha value is -2.99. The number of esters is 1. The largest absolute Gasteiger partial charge is 0.402 e. The van der Waals surface area contributed by atoms with E-state index < -0.39 is 10.9 Å². The van der Waals surface area contributed by atoms with Gasteiger partial charge in [-0.05, 0) is 34.8 Å². The number of carbonyl (C=O) groups is 1. The Bertz CT molecular complexity index is 986. The molecular formula is C20H17ClN2O4. The highest BCUT2D eigenvalue weighted by Gasteiger charge is 2.26. The summed E-state index contributed by atoms with van der Waals surface area (Å²) in [5.74, 6) is -0.597. The fourth-order valence-corrected chi connectivity index (χ4v) is 2.74. The predicted octanol–water partition coefficient (Wildman–Crippen LogP) is 4.89. The van der Waals surface area contributed by atoms with Gasteiger partial charge in [0, 0.05) is 11.6 Å². The van der Waals surface area contributed by atoms with Crippen molar-refractivity contribution in [2.24, 2.45) is 4.99 Å². The summed E-state index contributed by atoms with van der Waals surface area (Å²) in [4.78, 5) is 26.7. The third-order valence-corrected chi connectivity index (χ3v) is 4.41. The second-order valence-corrected chi connectivity index (χ2v) is 7.54. The number of nitro benzene ring substituents is 1. The summed E-state index contributed by atoms with van der Waals surface area (Å²) in [6, 6.07) is 11.9. The first-order valence-electron chi connectivity index (χ1n) is 8.22. The van der Waals surface area contributed by atoms with Crippen molar-refractivity contribution in [1.82, 2.24) is 0 Å². The van der Waals surface area contributed by atoms with Gasteiger partial charge in [0.25, 0.3) is 5.69 Å². The first-order chi connectivity index (χ1) is 12.6. The van der Waals surface area contributed by atoms with Crippen LogP contribution < -0.4 is 0 Å². The SMILES string of the molecule is CC(C)(C)c1ccc(/C=C2\N=C(c3ccc(Cl)c([N+](=O)[O-])c3)OC2=O)cc1. The molecular weight excluding hydrogens is 368 g/mol. The molecule has 27 heavy (non-hydrogen) atoms. The van der Waals surface area contributed by atoms with Crippen LogP contribution in [0.3, 0.4) is 0 Å². The Morgan fingerprint density at radius 3 is 2.41 bits per heavy atom. The first-order valence-corrected chi connectivity index (χ1v) is 8.60. The fourth-order valence-electron chi connectivity index (χ4n) is 2.56. The van der Waals surface area contributed by atoms with E-state index in [1.54, 1.807) is 6.08 Å². The van der Waals surface area contributed by atoms with Crippen LogP contribution in [-0.4, -0.2) is 16.8 Å². The molecule has 1 aliphatic heterocycles.